The number of hydrogen-bond donors (Lipinski definition) is 1. The Hall–Kier alpha value is -0.580. The Bertz CT molecular complexity index is 552. The van der Waals surface area contributed by atoms with Crippen molar-refractivity contribution in [2.24, 2.45) is 0 Å². The van der Waals surface area contributed by atoms with Crippen LogP contribution >= 0.6 is 27.5 Å². The zero-order valence-corrected chi connectivity index (χ0v) is 13.7. The highest BCUT2D eigenvalue weighted by molar-refractivity contribution is 9.09. The summed E-state index contributed by atoms with van der Waals surface area (Å²) in [6.07, 6.45) is 4.78. The number of halogens is 2. The van der Waals surface area contributed by atoms with Crippen LogP contribution < -0.4 is 5.32 Å². The number of fused-ring (bicyclic) bond motifs is 1. The van der Waals surface area contributed by atoms with Gasteiger partial charge in [-0.2, -0.15) is 0 Å². The van der Waals surface area contributed by atoms with E-state index in [-0.39, 0.29) is 16.3 Å². The van der Waals surface area contributed by atoms with Gasteiger partial charge in [0, 0.05) is 22.6 Å². The van der Waals surface area contributed by atoms with Crippen LogP contribution in [0.4, 0.5) is 5.69 Å². The van der Waals surface area contributed by atoms with E-state index in [0.29, 0.717) is 11.4 Å². The van der Waals surface area contributed by atoms with Gasteiger partial charge in [0.05, 0.1) is 12.0 Å². The first-order chi connectivity index (χ1) is 9.53. The lowest BCUT2D eigenvalue weighted by Gasteiger charge is -2.42. The molecule has 3 rings (SSSR count). The van der Waals surface area contributed by atoms with Crippen LogP contribution in [0, 0.1) is 0 Å². The van der Waals surface area contributed by atoms with E-state index in [4.69, 9.17) is 16.3 Å². The second-order valence-corrected chi connectivity index (χ2v) is 7.18. The molecule has 1 unspecified atom stereocenters. The molecule has 0 aromatic heterocycles. The van der Waals surface area contributed by atoms with Crippen molar-refractivity contribution >= 4 is 39.1 Å². The highest BCUT2D eigenvalue weighted by Crippen LogP contribution is 2.46. The van der Waals surface area contributed by atoms with E-state index in [2.05, 4.69) is 21.2 Å². The van der Waals surface area contributed by atoms with Crippen molar-refractivity contribution in [3.63, 3.8) is 0 Å². The van der Waals surface area contributed by atoms with Crippen LogP contribution in [0.1, 0.15) is 41.6 Å². The third-order valence-electron chi connectivity index (χ3n) is 4.43. The van der Waals surface area contributed by atoms with Gasteiger partial charge in [-0.15, -0.1) is 0 Å². The number of alkyl halides is 1. The predicted octanol–water partition coefficient (Wildman–Crippen LogP) is 4.23. The highest BCUT2D eigenvalue weighted by atomic mass is 79.9. The van der Waals surface area contributed by atoms with Crippen molar-refractivity contribution in [2.75, 3.05) is 12.4 Å². The fourth-order valence-corrected chi connectivity index (χ4v) is 4.40. The Morgan fingerprint density at radius 3 is 2.85 bits per heavy atom. The molecule has 20 heavy (non-hydrogen) atoms. The smallest absolute Gasteiger partial charge is 0.228 e. The number of methoxy groups -OCH3 is 1. The Morgan fingerprint density at radius 2 is 2.25 bits per heavy atom. The molecule has 108 valence electrons. The molecule has 1 N–H and O–H groups in total. The molecule has 1 amide bonds. The largest absolute Gasteiger partial charge is 0.378 e. The second kappa shape index (κ2) is 5.32. The van der Waals surface area contributed by atoms with E-state index in [1.165, 1.54) is 6.42 Å². The van der Waals surface area contributed by atoms with Crippen LogP contribution in [0.15, 0.2) is 12.1 Å². The number of benzene rings is 1. The summed E-state index contributed by atoms with van der Waals surface area (Å²) in [5.74, 6) is 0.0340. The Labute approximate surface area is 132 Å². The Balaban J connectivity index is 1.83. The van der Waals surface area contributed by atoms with E-state index < -0.39 is 0 Å². The molecule has 1 aliphatic carbocycles. The molecule has 0 bridgehead atoms. The summed E-state index contributed by atoms with van der Waals surface area (Å²) in [7, 11) is 1.78. The van der Waals surface area contributed by atoms with Gasteiger partial charge in [0.1, 0.15) is 0 Å². The number of carbonyl (C=O) groups is 1. The summed E-state index contributed by atoms with van der Waals surface area (Å²) in [4.78, 5) is 11.6. The quantitative estimate of drug-likeness (QED) is 0.818. The lowest BCUT2D eigenvalue weighted by Crippen LogP contribution is -2.39. The first-order valence-electron chi connectivity index (χ1n) is 6.84. The molecule has 0 radical (unpaired) electrons. The van der Waals surface area contributed by atoms with E-state index in [9.17, 15) is 4.79 Å². The van der Waals surface area contributed by atoms with Gasteiger partial charge in [-0.3, -0.25) is 4.79 Å². The van der Waals surface area contributed by atoms with Gasteiger partial charge in [-0.05, 0) is 42.9 Å². The molecular weight excluding hydrogens is 342 g/mol. The van der Waals surface area contributed by atoms with E-state index in [1.54, 1.807) is 7.11 Å². The van der Waals surface area contributed by atoms with Gasteiger partial charge >= 0.3 is 0 Å². The molecule has 5 heteroatoms. The number of hydrogen-bond acceptors (Lipinski definition) is 2. The Morgan fingerprint density at radius 1 is 1.50 bits per heavy atom. The average Bonchev–Trinajstić information content (AvgIpc) is 2.71. The second-order valence-electron chi connectivity index (χ2n) is 5.67. The molecule has 1 atom stereocenters. The number of rotatable bonds is 4. The number of amides is 1. The number of carbonyl (C=O) groups excluding carboxylic acids is 1. The van der Waals surface area contributed by atoms with Crippen LogP contribution in [-0.2, 0) is 16.0 Å². The molecule has 1 aliphatic heterocycles. The van der Waals surface area contributed by atoms with Gasteiger partial charge in [-0.25, -0.2) is 0 Å². The molecule has 1 aromatic rings. The van der Waals surface area contributed by atoms with Crippen molar-refractivity contribution in [1.82, 2.24) is 0 Å². The van der Waals surface area contributed by atoms with Gasteiger partial charge in [0.25, 0.3) is 0 Å². The first-order valence-corrected chi connectivity index (χ1v) is 8.14. The van der Waals surface area contributed by atoms with Gasteiger partial charge in [0.2, 0.25) is 5.91 Å². The lowest BCUT2D eigenvalue weighted by molar-refractivity contribution is -0.115. The monoisotopic (exact) mass is 357 g/mol. The normalized spacial score (nSPS) is 21.1. The summed E-state index contributed by atoms with van der Waals surface area (Å²) >= 11 is 10.1. The van der Waals surface area contributed by atoms with Crippen LogP contribution in [0.3, 0.4) is 0 Å². The predicted molar refractivity (Wildman–Crippen MR) is 83.7 cm³/mol. The molecule has 3 nitrogen and oxygen atoms in total. The van der Waals surface area contributed by atoms with E-state index in [1.807, 2.05) is 12.1 Å². The minimum atomic E-state index is -0.00935. The minimum absolute atomic E-state index is 0.00935. The molecule has 1 fully saturated rings. The summed E-state index contributed by atoms with van der Waals surface area (Å²) in [5.41, 5.74) is 2.91. The summed E-state index contributed by atoms with van der Waals surface area (Å²) in [5, 5.41) is 3.52. The molecular formula is C15H17BrClNO2. The minimum Gasteiger partial charge on any atom is -0.378 e. The fraction of sp³-hybridized carbons (Fsp3) is 0.533. The maximum absolute atomic E-state index is 11.4. The lowest BCUT2D eigenvalue weighted by atomic mass is 9.76. The van der Waals surface area contributed by atoms with Gasteiger partial charge in [-0.1, -0.05) is 33.6 Å². The van der Waals surface area contributed by atoms with Gasteiger partial charge in [0.15, 0.2) is 0 Å². The van der Waals surface area contributed by atoms with E-state index >= 15 is 0 Å². The molecule has 1 saturated carbocycles. The van der Waals surface area contributed by atoms with Crippen molar-refractivity contribution in [2.45, 2.75) is 42.5 Å². The Kier molecular flexibility index (Phi) is 3.82. The molecule has 1 aromatic carbocycles. The molecule has 0 spiro atoms. The van der Waals surface area contributed by atoms with Crippen LogP contribution in [0.25, 0.3) is 0 Å². The van der Waals surface area contributed by atoms with Crippen molar-refractivity contribution in [3.8, 4) is 0 Å². The van der Waals surface area contributed by atoms with Gasteiger partial charge < -0.3 is 10.1 Å². The molecule has 0 saturated heterocycles. The van der Waals surface area contributed by atoms with Crippen molar-refractivity contribution < 1.29 is 9.53 Å². The maximum Gasteiger partial charge on any atom is 0.228 e. The molecule has 2 aliphatic rings. The topological polar surface area (TPSA) is 38.3 Å². The zero-order chi connectivity index (χ0) is 14.3. The zero-order valence-electron chi connectivity index (χ0n) is 11.3. The van der Waals surface area contributed by atoms with Crippen LogP contribution in [-0.4, -0.2) is 18.6 Å². The number of anilines is 1. The number of ether oxygens (including phenoxy) is 1. The van der Waals surface area contributed by atoms with Crippen molar-refractivity contribution in [1.29, 1.82) is 0 Å². The summed E-state index contributed by atoms with van der Waals surface area (Å²) in [6, 6.07) is 3.89. The summed E-state index contributed by atoms with van der Waals surface area (Å²) in [6.45, 7) is 0. The third kappa shape index (κ3) is 2.49. The van der Waals surface area contributed by atoms with E-state index in [0.717, 1.165) is 36.1 Å². The average molecular weight is 359 g/mol. The maximum atomic E-state index is 11.4. The standard InChI is InChI=1S/C15H17BrClNO2/c1-20-15(3-2-4-15)8-11(16)10-5-9-6-14(19)18-13(9)7-12(10)17/h5,7,11H,2-4,6,8H2,1H3,(H,18,19). The first kappa shape index (κ1) is 14.4. The van der Waals surface area contributed by atoms with Crippen LogP contribution in [0.5, 0.6) is 0 Å². The summed E-state index contributed by atoms with van der Waals surface area (Å²) < 4.78 is 5.68. The SMILES string of the molecule is COC1(CC(Br)c2cc3c(cc2Cl)NC(=O)C3)CCC1. The fourth-order valence-electron chi connectivity index (χ4n) is 3.01. The van der Waals surface area contributed by atoms with Crippen molar-refractivity contribution in [3.05, 3.63) is 28.3 Å². The number of nitrogens with one attached hydrogen (secondary N) is 1. The van der Waals surface area contributed by atoms with Crippen LogP contribution in [0.2, 0.25) is 5.02 Å². The third-order valence-corrected chi connectivity index (χ3v) is 5.58. The molecule has 1 heterocycles. The highest BCUT2D eigenvalue weighted by Gasteiger charge is 2.39.